The highest BCUT2D eigenvalue weighted by Gasteiger charge is 2.12. The third-order valence-corrected chi connectivity index (χ3v) is 3.78. The van der Waals surface area contributed by atoms with Crippen LogP contribution in [-0.2, 0) is 0 Å². The quantitative estimate of drug-likeness (QED) is 0.774. The summed E-state index contributed by atoms with van der Waals surface area (Å²) < 4.78 is 10.7. The predicted molar refractivity (Wildman–Crippen MR) is 95.4 cm³/mol. The van der Waals surface area contributed by atoms with Crippen molar-refractivity contribution >= 4 is 17.5 Å². The van der Waals surface area contributed by atoms with Crippen LogP contribution in [-0.4, -0.2) is 24.2 Å². The van der Waals surface area contributed by atoms with E-state index in [1.807, 2.05) is 42.5 Å². The zero-order valence-electron chi connectivity index (χ0n) is 13.3. The number of halogens is 1. The molecule has 3 rings (SSSR count). The summed E-state index contributed by atoms with van der Waals surface area (Å²) >= 11 is 6.06. The molecule has 0 atom stereocenters. The van der Waals surface area contributed by atoms with Gasteiger partial charge in [0, 0.05) is 22.2 Å². The van der Waals surface area contributed by atoms with Gasteiger partial charge in [0.15, 0.2) is 0 Å². The topological polar surface area (TPSA) is 70.3 Å². The van der Waals surface area contributed by atoms with Crippen LogP contribution in [0.4, 0.5) is 5.95 Å². The lowest BCUT2D eigenvalue weighted by molar-refractivity contribution is 0.395. The van der Waals surface area contributed by atoms with Crippen molar-refractivity contribution in [3.63, 3.8) is 0 Å². The van der Waals surface area contributed by atoms with Gasteiger partial charge in [-0.05, 0) is 30.3 Å². The molecule has 0 aliphatic rings. The van der Waals surface area contributed by atoms with Crippen LogP contribution in [0.2, 0.25) is 5.02 Å². The van der Waals surface area contributed by atoms with E-state index in [1.54, 1.807) is 20.3 Å². The Balaban J connectivity index is 2.13. The summed E-state index contributed by atoms with van der Waals surface area (Å²) in [6.07, 6.45) is 0. The zero-order valence-corrected chi connectivity index (χ0v) is 14.0. The maximum atomic E-state index is 6.06. The molecule has 0 aliphatic carbocycles. The lowest BCUT2D eigenvalue weighted by Gasteiger charge is -2.11. The van der Waals surface area contributed by atoms with Crippen molar-refractivity contribution in [2.45, 2.75) is 0 Å². The van der Waals surface area contributed by atoms with Gasteiger partial charge < -0.3 is 15.2 Å². The molecule has 1 heterocycles. The maximum absolute atomic E-state index is 6.06. The fourth-order valence-electron chi connectivity index (χ4n) is 2.41. The van der Waals surface area contributed by atoms with E-state index in [0.717, 1.165) is 11.1 Å². The van der Waals surface area contributed by atoms with Gasteiger partial charge in [-0.2, -0.15) is 0 Å². The van der Waals surface area contributed by atoms with Crippen molar-refractivity contribution in [2.75, 3.05) is 20.0 Å². The van der Waals surface area contributed by atoms with E-state index in [9.17, 15) is 0 Å². The molecule has 24 heavy (non-hydrogen) atoms. The second-order valence-electron chi connectivity index (χ2n) is 5.07. The van der Waals surface area contributed by atoms with Gasteiger partial charge in [0.05, 0.1) is 25.6 Å². The van der Waals surface area contributed by atoms with E-state index in [2.05, 4.69) is 9.97 Å². The standard InChI is InChI=1S/C18H16ClN3O2/c1-23-13-6-7-14(17(9-13)24-2)16-10-15(21-18(20)22-16)11-4-3-5-12(19)8-11/h3-10H,1-2H3,(H2,20,21,22). The van der Waals surface area contributed by atoms with Crippen LogP contribution in [0, 0.1) is 0 Å². The molecule has 0 amide bonds. The van der Waals surface area contributed by atoms with E-state index in [-0.39, 0.29) is 5.95 Å². The molecule has 1 aromatic heterocycles. The highest BCUT2D eigenvalue weighted by Crippen LogP contribution is 2.34. The molecule has 122 valence electrons. The van der Waals surface area contributed by atoms with Gasteiger partial charge >= 0.3 is 0 Å². The Kier molecular flexibility index (Phi) is 4.53. The van der Waals surface area contributed by atoms with Gasteiger partial charge in [-0.1, -0.05) is 23.7 Å². The number of nitrogens with zero attached hydrogens (tertiary/aromatic N) is 2. The number of benzene rings is 2. The lowest BCUT2D eigenvalue weighted by atomic mass is 10.1. The predicted octanol–water partition coefficient (Wildman–Crippen LogP) is 4.06. The van der Waals surface area contributed by atoms with Gasteiger partial charge in [-0.3, -0.25) is 0 Å². The number of aromatic nitrogens is 2. The summed E-state index contributed by atoms with van der Waals surface area (Å²) in [6, 6.07) is 14.8. The summed E-state index contributed by atoms with van der Waals surface area (Å²) in [5.41, 5.74) is 8.92. The molecule has 0 bridgehead atoms. The van der Waals surface area contributed by atoms with Crippen LogP contribution in [0.5, 0.6) is 11.5 Å². The molecule has 0 radical (unpaired) electrons. The van der Waals surface area contributed by atoms with Crippen molar-refractivity contribution < 1.29 is 9.47 Å². The number of hydrogen-bond acceptors (Lipinski definition) is 5. The average molecular weight is 342 g/mol. The molecule has 3 aromatic rings. The Morgan fingerprint density at radius 2 is 1.71 bits per heavy atom. The maximum Gasteiger partial charge on any atom is 0.221 e. The normalized spacial score (nSPS) is 10.5. The smallest absolute Gasteiger partial charge is 0.221 e. The Morgan fingerprint density at radius 1 is 0.917 bits per heavy atom. The summed E-state index contributed by atoms with van der Waals surface area (Å²) in [5, 5.41) is 0.633. The molecule has 0 fully saturated rings. The van der Waals surface area contributed by atoms with Gasteiger partial charge in [-0.15, -0.1) is 0 Å². The number of methoxy groups -OCH3 is 2. The van der Waals surface area contributed by atoms with Crippen LogP contribution in [0.1, 0.15) is 0 Å². The van der Waals surface area contributed by atoms with Crippen LogP contribution in [0.3, 0.4) is 0 Å². The number of anilines is 1. The molecule has 0 unspecified atom stereocenters. The molecule has 2 N–H and O–H groups in total. The first kappa shape index (κ1) is 16.1. The van der Waals surface area contributed by atoms with Crippen LogP contribution in [0.15, 0.2) is 48.5 Å². The van der Waals surface area contributed by atoms with Crippen LogP contribution in [0.25, 0.3) is 22.5 Å². The Bertz CT molecular complexity index is 884. The van der Waals surface area contributed by atoms with E-state index >= 15 is 0 Å². The van der Waals surface area contributed by atoms with Crippen LogP contribution < -0.4 is 15.2 Å². The minimum absolute atomic E-state index is 0.181. The van der Waals surface area contributed by atoms with Crippen molar-refractivity contribution in [1.29, 1.82) is 0 Å². The molecular formula is C18H16ClN3O2. The number of rotatable bonds is 4. The van der Waals surface area contributed by atoms with Gasteiger partial charge in [-0.25, -0.2) is 9.97 Å². The summed E-state index contributed by atoms with van der Waals surface area (Å²) in [5.74, 6) is 1.53. The molecule has 5 nitrogen and oxygen atoms in total. The molecule has 2 aromatic carbocycles. The first-order chi connectivity index (χ1) is 11.6. The Morgan fingerprint density at radius 3 is 2.42 bits per heavy atom. The number of ether oxygens (including phenoxy) is 2. The summed E-state index contributed by atoms with van der Waals surface area (Å²) in [4.78, 5) is 8.63. The third kappa shape index (κ3) is 3.26. The molecule has 0 spiro atoms. The van der Waals surface area contributed by atoms with Crippen LogP contribution >= 0.6 is 11.6 Å². The third-order valence-electron chi connectivity index (χ3n) is 3.55. The second kappa shape index (κ2) is 6.76. The van der Waals surface area contributed by atoms with Crippen molar-refractivity contribution in [3.8, 4) is 34.0 Å². The molecule has 0 saturated heterocycles. The van der Waals surface area contributed by atoms with E-state index in [0.29, 0.717) is 27.9 Å². The second-order valence-corrected chi connectivity index (χ2v) is 5.51. The number of hydrogen-bond donors (Lipinski definition) is 1. The van der Waals surface area contributed by atoms with E-state index in [4.69, 9.17) is 26.8 Å². The molecule has 0 aliphatic heterocycles. The van der Waals surface area contributed by atoms with Crippen molar-refractivity contribution in [1.82, 2.24) is 9.97 Å². The fraction of sp³-hybridized carbons (Fsp3) is 0.111. The van der Waals surface area contributed by atoms with Gasteiger partial charge in [0.1, 0.15) is 11.5 Å². The molecular weight excluding hydrogens is 326 g/mol. The van der Waals surface area contributed by atoms with E-state index in [1.165, 1.54) is 0 Å². The monoisotopic (exact) mass is 341 g/mol. The zero-order chi connectivity index (χ0) is 17.1. The largest absolute Gasteiger partial charge is 0.497 e. The first-order valence-corrected chi connectivity index (χ1v) is 7.61. The Hall–Kier alpha value is -2.79. The summed E-state index contributed by atoms with van der Waals surface area (Å²) in [7, 11) is 3.20. The fourth-order valence-corrected chi connectivity index (χ4v) is 2.60. The SMILES string of the molecule is COc1ccc(-c2cc(-c3cccc(Cl)c3)nc(N)n2)c(OC)c1. The van der Waals surface area contributed by atoms with E-state index < -0.39 is 0 Å². The lowest BCUT2D eigenvalue weighted by Crippen LogP contribution is -2.00. The minimum Gasteiger partial charge on any atom is -0.497 e. The Labute approximate surface area is 145 Å². The number of nitrogen functional groups attached to an aromatic ring is 1. The summed E-state index contributed by atoms with van der Waals surface area (Å²) in [6.45, 7) is 0. The average Bonchev–Trinajstić information content (AvgIpc) is 2.60. The van der Waals surface area contributed by atoms with Gasteiger partial charge in [0.2, 0.25) is 5.95 Å². The van der Waals surface area contributed by atoms with Gasteiger partial charge in [0.25, 0.3) is 0 Å². The van der Waals surface area contributed by atoms with Crippen molar-refractivity contribution in [2.24, 2.45) is 0 Å². The number of nitrogens with two attached hydrogens (primary N) is 1. The highest BCUT2D eigenvalue weighted by atomic mass is 35.5. The molecule has 6 heteroatoms. The minimum atomic E-state index is 0.181. The molecule has 0 saturated carbocycles. The first-order valence-electron chi connectivity index (χ1n) is 7.23. The highest BCUT2D eigenvalue weighted by molar-refractivity contribution is 6.30. The van der Waals surface area contributed by atoms with Crippen molar-refractivity contribution in [3.05, 3.63) is 53.6 Å².